The van der Waals surface area contributed by atoms with E-state index in [1.807, 2.05) is 12.1 Å². The predicted octanol–water partition coefficient (Wildman–Crippen LogP) is 2.50. The number of hydrogen-bond donors (Lipinski definition) is 0. The Kier molecular flexibility index (Phi) is 3.06. The van der Waals surface area contributed by atoms with Crippen LogP contribution in [0.25, 0.3) is 0 Å². The molecule has 0 radical (unpaired) electrons. The molecule has 0 amide bonds. The second kappa shape index (κ2) is 4.49. The third kappa shape index (κ3) is 2.31. The SMILES string of the molecule is Cn1nccc1C(=O)Cc1cccc(Cl)c1. The summed E-state index contributed by atoms with van der Waals surface area (Å²) in [6, 6.07) is 9.04. The lowest BCUT2D eigenvalue weighted by molar-refractivity contribution is 0.0984. The van der Waals surface area contributed by atoms with Crippen LogP contribution in [0.15, 0.2) is 36.5 Å². The first kappa shape index (κ1) is 10.9. The monoisotopic (exact) mass is 234 g/mol. The van der Waals surface area contributed by atoms with Gasteiger partial charge in [0.15, 0.2) is 5.78 Å². The molecule has 1 aromatic carbocycles. The first-order chi connectivity index (χ1) is 7.66. The number of nitrogens with zero attached hydrogens (tertiary/aromatic N) is 2. The molecule has 2 rings (SSSR count). The van der Waals surface area contributed by atoms with E-state index in [1.165, 1.54) is 0 Å². The Balaban J connectivity index is 2.17. The van der Waals surface area contributed by atoms with Crippen molar-refractivity contribution in [1.29, 1.82) is 0 Å². The largest absolute Gasteiger partial charge is 0.292 e. The highest BCUT2D eigenvalue weighted by Crippen LogP contribution is 2.13. The van der Waals surface area contributed by atoms with Crippen molar-refractivity contribution in [3.8, 4) is 0 Å². The zero-order valence-electron chi connectivity index (χ0n) is 8.85. The van der Waals surface area contributed by atoms with Crippen molar-refractivity contribution < 1.29 is 4.79 Å². The number of hydrogen-bond acceptors (Lipinski definition) is 2. The lowest BCUT2D eigenvalue weighted by Gasteiger charge is -2.02. The van der Waals surface area contributed by atoms with Crippen LogP contribution < -0.4 is 0 Å². The zero-order valence-corrected chi connectivity index (χ0v) is 9.61. The summed E-state index contributed by atoms with van der Waals surface area (Å²) in [5.41, 5.74) is 1.53. The normalized spacial score (nSPS) is 10.4. The van der Waals surface area contributed by atoms with Gasteiger partial charge < -0.3 is 0 Å². The molecule has 0 saturated heterocycles. The van der Waals surface area contributed by atoms with E-state index in [1.54, 1.807) is 36.1 Å². The van der Waals surface area contributed by atoms with Gasteiger partial charge in [-0.25, -0.2) is 0 Å². The summed E-state index contributed by atoms with van der Waals surface area (Å²) < 4.78 is 1.58. The predicted molar refractivity (Wildman–Crippen MR) is 62.7 cm³/mol. The van der Waals surface area contributed by atoms with Crippen LogP contribution in [0.1, 0.15) is 16.1 Å². The van der Waals surface area contributed by atoms with E-state index in [0.717, 1.165) is 5.56 Å². The molecule has 0 unspecified atom stereocenters. The summed E-state index contributed by atoms with van der Waals surface area (Å²) in [7, 11) is 1.76. The molecule has 4 heteroatoms. The van der Waals surface area contributed by atoms with Crippen molar-refractivity contribution in [2.75, 3.05) is 0 Å². The Morgan fingerprint density at radius 3 is 2.88 bits per heavy atom. The van der Waals surface area contributed by atoms with Gasteiger partial charge in [-0.05, 0) is 23.8 Å². The average molecular weight is 235 g/mol. The van der Waals surface area contributed by atoms with Gasteiger partial charge >= 0.3 is 0 Å². The highest BCUT2D eigenvalue weighted by atomic mass is 35.5. The molecule has 0 N–H and O–H groups in total. The lowest BCUT2D eigenvalue weighted by atomic mass is 10.1. The van der Waals surface area contributed by atoms with Crippen LogP contribution in [0, 0.1) is 0 Å². The maximum Gasteiger partial charge on any atom is 0.185 e. The van der Waals surface area contributed by atoms with Crippen molar-refractivity contribution >= 4 is 17.4 Å². The fraction of sp³-hybridized carbons (Fsp3) is 0.167. The molecule has 0 bridgehead atoms. The molecule has 0 fully saturated rings. The quantitative estimate of drug-likeness (QED) is 0.765. The Morgan fingerprint density at radius 1 is 1.44 bits per heavy atom. The number of aromatic nitrogens is 2. The molecule has 1 aromatic heterocycles. The molecule has 0 aliphatic heterocycles. The van der Waals surface area contributed by atoms with Gasteiger partial charge in [-0.2, -0.15) is 5.10 Å². The molecular formula is C12H11ClN2O. The standard InChI is InChI=1S/C12H11ClN2O/c1-15-11(5-6-14-15)12(16)8-9-3-2-4-10(13)7-9/h2-7H,8H2,1H3. The van der Waals surface area contributed by atoms with E-state index in [9.17, 15) is 4.79 Å². The molecule has 0 aliphatic rings. The second-order valence-electron chi connectivity index (χ2n) is 3.57. The Hall–Kier alpha value is -1.61. The van der Waals surface area contributed by atoms with E-state index in [4.69, 9.17) is 11.6 Å². The van der Waals surface area contributed by atoms with Crippen molar-refractivity contribution in [1.82, 2.24) is 9.78 Å². The fourth-order valence-electron chi connectivity index (χ4n) is 1.57. The Bertz CT molecular complexity index is 519. The Labute approximate surface area is 98.7 Å². The van der Waals surface area contributed by atoms with Crippen LogP contribution in [0.2, 0.25) is 5.02 Å². The summed E-state index contributed by atoms with van der Waals surface area (Å²) in [6.07, 6.45) is 1.96. The summed E-state index contributed by atoms with van der Waals surface area (Å²) >= 11 is 5.86. The van der Waals surface area contributed by atoms with Crippen molar-refractivity contribution in [2.24, 2.45) is 7.05 Å². The smallest absolute Gasteiger partial charge is 0.185 e. The average Bonchev–Trinajstić information content (AvgIpc) is 2.64. The maximum atomic E-state index is 11.9. The molecule has 0 aliphatic carbocycles. The molecular weight excluding hydrogens is 224 g/mol. The third-order valence-electron chi connectivity index (χ3n) is 2.36. The van der Waals surface area contributed by atoms with Crippen molar-refractivity contribution in [3.05, 3.63) is 52.8 Å². The van der Waals surface area contributed by atoms with Gasteiger partial charge in [-0.3, -0.25) is 9.48 Å². The number of ketones is 1. The minimum absolute atomic E-state index is 0.0438. The topological polar surface area (TPSA) is 34.9 Å². The molecule has 82 valence electrons. The third-order valence-corrected chi connectivity index (χ3v) is 2.60. The number of Topliss-reactive ketones (excluding diaryl/α,β-unsaturated/α-hetero) is 1. The Morgan fingerprint density at radius 2 is 2.25 bits per heavy atom. The van der Waals surface area contributed by atoms with Crippen LogP contribution in [-0.4, -0.2) is 15.6 Å². The number of benzene rings is 1. The van der Waals surface area contributed by atoms with E-state index >= 15 is 0 Å². The van der Waals surface area contributed by atoms with E-state index < -0.39 is 0 Å². The molecule has 0 spiro atoms. The lowest BCUT2D eigenvalue weighted by Crippen LogP contribution is -2.09. The van der Waals surface area contributed by atoms with E-state index in [2.05, 4.69) is 5.10 Å². The van der Waals surface area contributed by atoms with Crippen LogP contribution in [0.5, 0.6) is 0 Å². The highest BCUT2D eigenvalue weighted by Gasteiger charge is 2.10. The zero-order chi connectivity index (χ0) is 11.5. The minimum Gasteiger partial charge on any atom is -0.292 e. The number of rotatable bonds is 3. The molecule has 0 saturated carbocycles. The first-order valence-electron chi connectivity index (χ1n) is 4.92. The van der Waals surface area contributed by atoms with E-state index in [0.29, 0.717) is 17.1 Å². The summed E-state index contributed by atoms with van der Waals surface area (Å²) in [5, 5.41) is 4.62. The number of halogens is 1. The number of carbonyl (C=O) groups excluding carboxylic acids is 1. The van der Waals surface area contributed by atoms with Crippen LogP contribution in [0.3, 0.4) is 0 Å². The fourth-order valence-corrected chi connectivity index (χ4v) is 1.78. The second-order valence-corrected chi connectivity index (χ2v) is 4.01. The first-order valence-corrected chi connectivity index (χ1v) is 5.30. The molecule has 1 heterocycles. The van der Waals surface area contributed by atoms with Crippen LogP contribution in [0.4, 0.5) is 0 Å². The molecule has 16 heavy (non-hydrogen) atoms. The molecule has 3 nitrogen and oxygen atoms in total. The van der Waals surface area contributed by atoms with Crippen LogP contribution >= 0.6 is 11.6 Å². The van der Waals surface area contributed by atoms with Gasteiger partial charge in [0.2, 0.25) is 0 Å². The molecule has 0 atom stereocenters. The number of aryl methyl sites for hydroxylation is 1. The maximum absolute atomic E-state index is 11.9. The van der Waals surface area contributed by atoms with Gasteiger partial charge in [0.1, 0.15) is 5.69 Å². The summed E-state index contributed by atoms with van der Waals surface area (Å²) in [4.78, 5) is 11.9. The van der Waals surface area contributed by atoms with Gasteiger partial charge in [0.25, 0.3) is 0 Å². The van der Waals surface area contributed by atoms with Gasteiger partial charge in [-0.15, -0.1) is 0 Å². The number of carbonyl (C=O) groups is 1. The minimum atomic E-state index is 0.0438. The van der Waals surface area contributed by atoms with Gasteiger partial charge in [0, 0.05) is 24.7 Å². The highest BCUT2D eigenvalue weighted by molar-refractivity contribution is 6.30. The summed E-state index contributed by atoms with van der Waals surface area (Å²) in [6.45, 7) is 0. The van der Waals surface area contributed by atoms with E-state index in [-0.39, 0.29) is 5.78 Å². The van der Waals surface area contributed by atoms with Gasteiger partial charge in [0.05, 0.1) is 0 Å². The molecule has 2 aromatic rings. The van der Waals surface area contributed by atoms with Crippen molar-refractivity contribution in [3.63, 3.8) is 0 Å². The summed E-state index contributed by atoms with van der Waals surface area (Å²) in [5.74, 6) is 0.0438. The van der Waals surface area contributed by atoms with Gasteiger partial charge in [-0.1, -0.05) is 23.7 Å². The van der Waals surface area contributed by atoms with Crippen molar-refractivity contribution in [2.45, 2.75) is 6.42 Å². The van der Waals surface area contributed by atoms with Crippen LogP contribution in [-0.2, 0) is 13.5 Å².